The normalized spacial score (nSPS) is 41.9. The Labute approximate surface area is 593 Å². The Morgan fingerprint density at radius 3 is 1.22 bits per heavy atom. The van der Waals surface area contributed by atoms with Crippen molar-refractivity contribution < 1.29 is 91.7 Å². The number of carbonyl (C=O) groups is 4. The van der Waals surface area contributed by atoms with Crippen LogP contribution in [0.5, 0.6) is 0 Å². The number of hydrogen-bond donors (Lipinski definition) is 16. The largest absolute Gasteiger partial charge is 0.393 e. The molecule has 4 saturated carbocycles. The van der Waals surface area contributed by atoms with Crippen LogP contribution in [0.15, 0.2) is 44.7 Å². The molecule has 0 saturated heterocycles. The molecule has 512 valence electrons. The molecule has 4 fully saturated rings. The lowest BCUT2D eigenvalue weighted by atomic mass is 9.85. The van der Waals surface area contributed by atoms with E-state index in [1.54, 1.807) is 62.3 Å². The van der Waals surface area contributed by atoms with E-state index < -0.39 is 280 Å². The molecular weight excluding hydrogens is 1180 g/mol. The molecule has 28 nitrogen and oxygen atoms in total. The standard InChI is InChI=1S/4C16H27N5O2/c4*1-9-5-6-10(7-12(9)22)19-14-11(13(17)23)8-18-15(20-14)21-16(2,3)4/h4*8-10,12,22H,5-7H2,1-4H3,(H2,17,23)(H2,18,19,20,21)/i1D3,5D2,6D2,7D2,8D,9D,10D,12D;1D3,6D2,7D2,8D,12D;1D3,5D2,6D2,8D,12D;1D3,5D2,8D,12D. The highest BCUT2D eigenvalue weighted by Crippen LogP contribution is 2.29. The molecule has 20 N–H and O–H groups in total. The van der Waals surface area contributed by atoms with Crippen molar-refractivity contribution >= 4 is 47.4 Å². The summed E-state index contributed by atoms with van der Waals surface area (Å²) in [6, 6.07) is -8.87. The van der Waals surface area contributed by atoms with Crippen LogP contribution >= 0.6 is 0 Å². The maximum Gasteiger partial charge on any atom is 0.254 e. The second-order valence-electron chi connectivity index (χ2n) is 24.6. The maximum atomic E-state index is 12.0. The minimum atomic E-state index is -4.29. The molecule has 4 aromatic heterocycles. The van der Waals surface area contributed by atoms with Gasteiger partial charge in [0, 0.05) is 86.6 Å². The molecule has 12 atom stereocenters. The fraction of sp³-hybridized carbons (Fsp3) is 0.688. The van der Waals surface area contributed by atoms with Crippen LogP contribution in [-0.2, 0) is 0 Å². The summed E-state index contributed by atoms with van der Waals surface area (Å²) in [5.74, 6) is -15.2. The SMILES string of the molecule is [2H]c1nc(NC(C)(C)C)[nH]c(=NC2([2H])C([2H])([2H])C([2H])([2H])C([2H])(C([2H])([2H])[2H])C([2H])(O)C2([2H])[2H])c1C(N)=O.[2H]c1nc(NC(C)(C)C)[nH]c(=NC2C([2H])([2H])CC(C([2H])([2H])[2H])C([2H])(O)C2([2H])[2H])c1C(N)=O.[2H]c1nc(NC(C)(C)C)[nH]c(=NC2CC([2H])(O)C(C([2H])([2H])[2H])C([2H])([2H])C2([2H])[2H])c1C(N)=O.[2H]c1nc(NC(C)(C)C)[nH]c(=NC2CC([2H])([2H])C(C([2H])([2H])[2H])C([2H])(O)C2)c1C(N)=O. The van der Waals surface area contributed by atoms with Gasteiger partial charge in [-0.2, -0.15) is 0 Å². The first-order chi connectivity index (χ1) is 57.2. The Hall–Kier alpha value is -7.56. The number of H-pyrrole nitrogens is 4. The van der Waals surface area contributed by atoms with Gasteiger partial charge in [0.2, 0.25) is 23.8 Å². The number of aromatic nitrogens is 8. The fourth-order valence-electron chi connectivity index (χ4n) is 7.51. The van der Waals surface area contributed by atoms with Crippen molar-refractivity contribution in [2.75, 3.05) is 21.3 Å². The summed E-state index contributed by atoms with van der Waals surface area (Å²) in [5.41, 5.74) is 14.8. The van der Waals surface area contributed by atoms with Crippen LogP contribution in [0.3, 0.4) is 0 Å². The lowest BCUT2D eigenvalue weighted by molar-refractivity contribution is 0.0702. The number of carbonyl (C=O) groups excluding carboxylic acids is 4. The molecule has 0 radical (unpaired) electrons. The van der Waals surface area contributed by atoms with E-state index in [4.69, 9.17) is 75.0 Å². The summed E-state index contributed by atoms with van der Waals surface area (Å²) in [4.78, 5) is 89.2. The summed E-state index contributed by atoms with van der Waals surface area (Å²) in [5, 5.41) is 53.9. The Balaban J connectivity index is 0.000000308. The quantitative estimate of drug-likeness (QED) is 0.0916. The van der Waals surface area contributed by atoms with Gasteiger partial charge in [-0.1, -0.05) is 27.4 Å². The average molecular weight is 1320 g/mol. The van der Waals surface area contributed by atoms with Crippen LogP contribution in [0, 0.1) is 23.6 Å². The molecule has 0 aromatic carbocycles. The number of hydrogen-bond acceptors (Lipinski definition) is 20. The van der Waals surface area contributed by atoms with E-state index in [1.165, 1.54) is 0 Å². The molecule has 28 heteroatoms. The number of anilines is 4. The predicted molar refractivity (Wildman–Crippen MR) is 355 cm³/mol. The zero-order valence-electron chi connectivity index (χ0n) is 90.6. The average Bonchev–Trinajstić information content (AvgIpc) is 0.648. The van der Waals surface area contributed by atoms with Crippen molar-refractivity contribution in [3.05, 3.63) is 68.9 Å². The van der Waals surface area contributed by atoms with E-state index in [9.17, 15) is 39.6 Å². The summed E-state index contributed by atoms with van der Waals surface area (Å²) in [6.07, 6.45) is -44.8. The topological polar surface area (TPSA) is 466 Å². The van der Waals surface area contributed by atoms with Crippen LogP contribution < -0.4 is 66.2 Å². The lowest BCUT2D eigenvalue weighted by Crippen LogP contribution is -2.34. The summed E-state index contributed by atoms with van der Waals surface area (Å²) >= 11 is 0. The van der Waals surface area contributed by atoms with Crippen LogP contribution in [0.4, 0.5) is 23.8 Å². The molecule has 4 amide bonds. The Morgan fingerprint density at radius 1 is 0.467 bits per heavy atom. The van der Waals surface area contributed by atoms with Gasteiger partial charge in [-0.15, -0.1) is 0 Å². The van der Waals surface area contributed by atoms with Gasteiger partial charge in [0.05, 0.1) is 83.1 Å². The predicted octanol–water partition coefficient (Wildman–Crippen LogP) is 4.68. The van der Waals surface area contributed by atoms with Gasteiger partial charge in [0.1, 0.15) is 22.0 Å². The highest BCUT2D eigenvalue weighted by Gasteiger charge is 2.30. The molecule has 4 heterocycles. The maximum absolute atomic E-state index is 12.0. The first-order valence-electron chi connectivity index (χ1n) is 47.0. The number of nitrogens with one attached hydrogen (secondary N) is 8. The number of primary amides is 4. The van der Waals surface area contributed by atoms with E-state index in [1.807, 2.05) is 20.8 Å². The molecule has 12 unspecified atom stereocenters. The highest BCUT2D eigenvalue weighted by molar-refractivity contribution is 5.93. The first-order valence-corrected chi connectivity index (χ1v) is 28.0. The van der Waals surface area contributed by atoms with Gasteiger partial charge in [0.15, 0.2) is 0 Å². The summed E-state index contributed by atoms with van der Waals surface area (Å²) in [6.45, 7) is 8.22. The molecule has 4 aliphatic carbocycles. The van der Waals surface area contributed by atoms with E-state index in [0.717, 1.165) is 0 Å². The van der Waals surface area contributed by atoms with Crippen LogP contribution in [-0.4, -0.2) is 155 Å². The summed E-state index contributed by atoms with van der Waals surface area (Å²) < 4.78 is 304. The molecular formula is C64H108N20O8. The molecule has 4 aliphatic rings. The molecule has 0 aliphatic heterocycles. The van der Waals surface area contributed by atoms with Crippen LogP contribution in [0.2, 0.25) is 0 Å². The molecule has 0 spiro atoms. The van der Waals surface area contributed by atoms with Crippen molar-refractivity contribution in [2.45, 2.75) is 258 Å². The summed E-state index contributed by atoms with van der Waals surface area (Å²) in [7, 11) is 0. The third kappa shape index (κ3) is 24.8. The molecule has 92 heavy (non-hydrogen) atoms. The first kappa shape index (κ1) is 36.8. The minimum Gasteiger partial charge on any atom is -0.393 e. The second-order valence-corrected chi connectivity index (χ2v) is 24.6. The number of rotatable bonds is 12. The fourth-order valence-corrected chi connectivity index (χ4v) is 7.51. The Kier molecular flexibility index (Phi) is 12.9. The van der Waals surface area contributed by atoms with E-state index in [0.29, 0.717) is 0 Å². The van der Waals surface area contributed by atoms with Gasteiger partial charge in [0.25, 0.3) is 23.6 Å². The Bertz CT molecular complexity index is 5180. The third-order valence-corrected chi connectivity index (χ3v) is 11.4. The Morgan fingerprint density at radius 2 is 0.837 bits per heavy atom. The van der Waals surface area contributed by atoms with Crippen molar-refractivity contribution in [1.29, 1.82) is 0 Å². The van der Waals surface area contributed by atoms with Gasteiger partial charge in [-0.3, -0.25) is 39.1 Å². The molecule has 8 rings (SSSR count). The van der Waals surface area contributed by atoms with Gasteiger partial charge >= 0.3 is 0 Å². The van der Waals surface area contributed by atoms with Crippen LogP contribution in [0.25, 0.3) is 0 Å². The van der Waals surface area contributed by atoms with Crippen molar-refractivity contribution in [1.82, 2.24) is 39.9 Å². The zero-order valence-corrected chi connectivity index (χ0v) is 52.6. The number of amides is 4. The smallest absolute Gasteiger partial charge is 0.254 e. The lowest BCUT2D eigenvalue weighted by Gasteiger charge is -2.28. The van der Waals surface area contributed by atoms with E-state index in [-0.39, 0.29) is 34.8 Å². The number of aromatic amines is 4. The van der Waals surface area contributed by atoms with Gasteiger partial charge < -0.3 is 84.6 Å². The molecule has 0 bridgehead atoms. The van der Waals surface area contributed by atoms with Crippen molar-refractivity contribution in [3.8, 4) is 0 Å². The third-order valence-electron chi connectivity index (χ3n) is 11.4. The van der Waals surface area contributed by atoms with E-state index >= 15 is 0 Å². The highest BCUT2D eigenvalue weighted by atomic mass is 16.3. The minimum absolute atomic E-state index is 0.00728. The zero-order chi connectivity index (χ0) is 102. The number of nitrogens with two attached hydrogens (primary N) is 4. The van der Waals surface area contributed by atoms with Crippen LogP contribution in [0.1, 0.15) is 281 Å². The number of aliphatic hydroxyl groups is 4. The van der Waals surface area contributed by atoms with E-state index in [2.05, 4.69) is 81.1 Å². The van der Waals surface area contributed by atoms with Crippen molar-refractivity contribution in [2.24, 2.45) is 66.6 Å². The van der Waals surface area contributed by atoms with Crippen molar-refractivity contribution in [3.63, 3.8) is 0 Å². The second kappa shape index (κ2) is 32.3. The monoisotopic (exact) mass is 1320 g/mol. The van der Waals surface area contributed by atoms with Gasteiger partial charge in [-0.25, -0.2) is 19.9 Å². The number of nitrogens with zero attached hydrogens (tertiary/aromatic N) is 8. The molecule has 4 aromatic rings. The van der Waals surface area contributed by atoms with Gasteiger partial charge in [-0.05, 0) is 183 Å².